The molecule has 0 aliphatic heterocycles. The van der Waals surface area contributed by atoms with Crippen LogP contribution in [0.25, 0.3) is 0 Å². The van der Waals surface area contributed by atoms with Crippen LogP contribution in [0.2, 0.25) is 5.02 Å². The molecule has 0 atom stereocenters. The maximum atomic E-state index is 11.9. The first-order valence-corrected chi connectivity index (χ1v) is 6.96. The molecule has 21 heavy (non-hydrogen) atoms. The molecule has 0 bridgehead atoms. The summed E-state index contributed by atoms with van der Waals surface area (Å²) >= 11 is 5.88. The number of anilines is 2. The Hall–Kier alpha value is -2.04. The fraction of sp³-hybridized carbons (Fsp3) is 0.188. The fourth-order valence-corrected chi connectivity index (χ4v) is 2.15. The zero-order chi connectivity index (χ0) is 15.2. The van der Waals surface area contributed by atoms with Gasteiger partial charge in [-0.2, -0.15) is 0 Å². The quantitative estimate of drug-likeness (QED) is 0.795. The van der Waals surface area contributed by atoms with Crippen LogP contribution in [-0.4, -0.2) is 17.6 Å². The summed E-state index contributed by atoms with van der Waals surface area (Å²) in [5.74, 6) is -0.144. The van der Waals surface area contributed by atoms with E-state index < -0.39 is 0 Å². The highest BCUT2D eigenvalue weighted by molar-refractivity contribution is 6.30. The van der Waals surface area contributed by atoms with Gasteiger partial charge in [-0.15, -0.1) is 0 Å². The van der Waals surface area contributed by atoms with E-state index in [0.717, 1.165) is 22.5 Å². The Labute approximate surface area is 128 Å². The van der Waals surface area contributed by atoms with Crippen LogP contribution in [0.15, 0.2) is 42.5 Å². The van der Waals surface area contributed by atoms with Crippen molar-refractivity contribution in [1.29, 1.82) is 0 Å². The molecule has 0 spiro atoms. The highest BCUT2D eigenvalue weighted by Gasteiger charge is 2.05. The lowest BCUT2D eigenvalue weighted by atomic mass is 10.2. The van der Waals surface area contributed by atoms with E-state index in [4.69, 9.17) is 16.7 Å². The van der Waals surface area contributed by atoms with Crippen molar-refractivity contribution in [3.05, 3.63) is 58.6 Å². The number of aryl methyl sites for hydroxylation is 1. The Bertz CT molecular complexity index is 644. The van der Waals surface area contributed by atoms with Gasteiger partial charge in [0, 0.05) is 16.4 Å². The molecular weight excluding hydrogens is 288 g/mol. The molecule has 0 saturated carbocycles. The van der Waals surface area contributed by atoms with Gasteiger partial charge in [0.25, 0.3) is 0 Å². The van der Waals surface area contributed by atoms with Gasteiger partial charge in [0.1, 0.15) is 0 Å². The summed E-state index contributed by atoms with van der Waals surface area (Å²) in [4.78, 5) is 11.9. The van der Waals surface area contributed by atoms with Crippen LogP contribution >= 0.6 is 11.6 Å². The number of carbonyl (C=O) groups excluding carboxylic acids is 1. The van der Waals surface area contributed by atoms with Crippen molar-refractivity contribution in [2.45, 2.75) is 13.5 Å². The fourth-order valence-electron chi connectivity index (χ4n) is 1.92. The van der Waals surface area contributed by atoms with Gasteiger partial charge in [-0.3, -0.25) is 4.79 Å². The largest absolute Gasteiger partial charge is 0.392 e. The summed E-state index contributed by atoms with van der Waals surface area (Å²) in [6, 6.07) is 12.6. The molecule has 2 rings (SSSR count). The number of carbonyl (C=O) groups is 1. The molecule has 2 aromatic rings. The SMILES string of the molecule is Cc1cc(Cl)ccc1NC(=O)CNc1cccc(CO)c1. The van der Waals surface area contributed by atoms with Crippen molar-refractivity contribution in [3.8, 4) is 0 Å². The average molecular weight is 305 g/mol. The first-order chi connectivity index (χ1) is 10.1. The summed E-state index contributed by atoms with van der Waals surface area (Å²) in [7, 11) is 0. The monoisotopic (exact) mass is 304 g/mol. The molecule has 0 heterocycles. The van der Waals surface area contributed by atoms with Gasteiger partial charge in [-0.1, -0.05) is 23.7 Å². The molecule has 110 valence electrons. The van der Waals surface area contributed by atoms with E-state index in [0.29, 0.717) is 5.02 Å². The van der Waals surface area contributed by atoms with E-state index in [1.54, 1.807) is 24.3 Å². The van der Waals surface area contributed by atoms with Crippen molar-refractivity contribution in [1.82, 2.24) is 0 Å². The second-order valence-corrected chi connectivity index (χ2v) is 5.16. The van der Waals surface area contributed by atoms with Gasteiger partial charge in [-0.05, 0) is 48.4 Å². The minimum Gasteiger partial charge on any atom is -0.392 e. The van der Waals surface area contributed by atoms with Crippen LogP contribution in [0.3, 0.4) is 0 Å². The lowest BCUT2D eigenvalue weighted by Crippen LogP contribution is -2.22. The number of aliphatic hydroxyl groups excluding tert-OH is 1. The van der Waals surface area contributed by atoms with Crippen molar-refractivity contribution in [2.24, 2.45) is 0 Å². The standard InChI is InChI=1S/C16H17ClN2O2/c1-11-7-13(17)5-6-15(11)19-16(21)9-18-14-4-2-3-12(8-14)10-20/h2-8,18,20H,9-10H2,1H3,(H,19,21). The normalized spacial score (nSPS) is 10.2. The number of halogens is 1. The highest BCUT2D eigenvalue weighted by Crippen LogP contribution is 2.19. The predicted molar refractivity (Wildman–Crippen MR) is 85.7 cm³/mol. The van der Waals surface area contributed by atoms with Gasteiger partial charge < -0.3 is 15.7 Å². The number of amides is 1. The van der Waals surface area contributed by atoms with E-state index in [-0.39, 0.29) is 19.1 Å². The minimum absolute atomic E-state index is 0.0221. The zero-order valence-corrected chi connectivity index (χ0v) is 12.4. The molecule has 5 heteroatoms. The first kappa shape index (κ1) is 15.4. The summed E-state index contributed by atoms with van der Waals surface area (Å²) < 4.78 is 0. The molecule has 3 N–H and O–H groups in total. The van der Waals surface area contributed by atoms with Gasteiger partial charge in [0.2, 0.25) is 5.91 Å². The lowest BCUT2D eigenvalue weighted by molar-refractivity contribution is -0.114. The summed E-state index contributed by atoms with van der Waals surface area (Å²) in [5.41, 5.74) is 3.26. The molecule has 4 nitrogen and oxygen atoms in total. The molecule has 0 unspecified atom stereocenters. The minimum atomic E-state index is -0.144. The van der Waals surface area contributed by atoms with E-state index in [1.165, 1.54) is 0 Å². The average Bonchev–Trinajstić information content (AvgIpc) is 2.48. The van der Waals surface area contributed by atoms with Gasteiger partial charge in [0.05, 0.1) is 13.2 Å². The van der Waals surface area contributed by atoms with Crippen LogP contribution < -0.4 is 10.6 Å². The van der Waals surface area contributed by atoms with Crippen LogP contribution in [-0.2, 0) is 11.4 Å². The summed E-state index contributed by atoms with van der Waals surface area (Å²) in [6.45, 7) is 2.02. The lowest BCUT2D eigenvalue weighted by Gasteiger charge is -2.10. The number of nitrogens with one attached hydrogen (secondary N) is 2. The molecule has 1 amide bonds. The van der Waals surface area contributed by atoms with Crippen LogP contribution in [0.5, 0.6) is 0 Å². The molecule has 0 radical (unpaired) electrons. The third kappa shape index (κ3) is 4.48. The highest BCUT2D eigenvalue weighted by atomic mass is 35.5. The van der Waals surface area contributed by atoms with Crippen molar-refractivity contribution >= 4 is 28.9 Å². The number of rotatable bonds is 5. The third-order valence-corrected chi connectivity index (χ3v) is 3.26. The van der Waals surface area contributed by atoms with Gasteiger partial charge in [-0.25, -0.2) is 0 Å². The molecule has 2 aromatic carbocycles. The zero-order valence-electron chi connectivity index (χ0n) is 11.7. The maximum absolute atomic E-state index is 11.9. The van der Waals surface area contributed by atoms with E-state index >= 15 is 0 Å². The number of hydrogen-bond acceptors (Lipinski definition) is 3. The Kier molecular flexibility index (Phi) is 5.20. The maximum Gasteiger partial charge on any atom is 0.243 e. The topological polar surface area (TPSA) is 61.4 Å². The van der Waals surface area contributed by atoms with E-state index in [1.807, 2.05) is 25.1 Å². The first-order valence-electron chi connectivity index (χ1n) is 6.58. The smallest absolute Gasteiger partial charge is 0.243 e. The molecule has 0 aliphatic carbocycles. The molecular formula is C16H17ClN2O2. The Morgan fingerprint density at radius 1 is 1.24 bits per heavy atom. The van der Waals surface area contributed by atoms with Crippen molar-refractivity contribution in [2.75, 3.05) is 17.2 Å². The number of hydrogen-bond donors (Lipinski definition) is 3. The predicted octanol–water partition coefficient (Wildman–Crippen LogP) is 3.19. The molecule has 0 fully saturated rings. The number of benzene rings is 2. The van der Waals surface area contributed by atoms with Crippen molar-refractivity contribution < 1.29 is 9.90 Å². The Morgan fingerprint density at radius 3 is 2.76 bits per heavy atom. The molecule has 0 aliphatic rings. The van der Waals surface area contributed by atoms with Gasteiger partial charge in [0.15, 0.2) is 0 Å². The summed E-state index contributed by atoms with van der Waals surface area (Å²) in [5, 5.41) is 15.6. The second-order valence-electron chi connectivity index (χ2n) is 4.72. The van der Waals surface area contributed by atoms with Gasteiger partial charge >= 0.3 is 0 Å². The Morgan fingerprint density at radius 2 is 2.05 bits per heavy atom. The van der Waals surface area contributed by atoms with Crippen LogP contribution in [0, 0.1) is 6.92 Å². The Balaban J connectivity index is 1.92. The van der Waals surface area contributed by atoms with Crippen LogP contribution in [0.1, 0.15) is 11.1 Å². The molecule has 0 aromatic heterocycles. The van der Waals surface area contributed by atoms with E-state index in [2.05, 4.69) is 10.6 Å². The van der Waals surface area contributed by atoms with Crippen LogP contribution in [0.4, 0.5) is 11.4 Å². The van der Waals surface area contributed by atoms with Crippen molar-refractivity contribution in [3.63, 3.8) is 0 Å². The second kappa shape index (κ2) is 7.11. The third-order valence-electron chi connectivity index (χ3n) is 3.03. The number of aliphatic hydroxyl groups is 1. The molecule has 0 saturated heterocycles. The van der Waals surface area contributed by atoms with E-state index in [9.17, 15) is 4.79 Å². The summed E-state index contributed by atoms with van der Waals surface area (Å²) in [6.07, 6.45) is 0.